The normalized spacial score (nSPS) is 12.8. The number of para-hydroxylation sites is 1. The number of hydrogen-bond acceptors (Lipinski definition) is 6. The van der Waals surface area contributed by atoms with E-state index < -0.39 is 0 Å². The molecule has 1 fully saturated rings. The van der Waals surface area contributed by atoms with Crippen molar-refractivity contribution in [1.82, 2.24) is 24.8 Å². The summed E-state index contributed by atoms with van der Waals surface area (Å²) in [6.45, 7) is 1.08. The Kier molecular flexibility index (Phi) is 5.66. The summed E-state index contributed by atoms with van der Waals surface area (Å²) in [5.74, 6) is 4.07. The summed E-state index contributed by atoms with van der Waals surface area (Å²) in [6, 6.07) is 13.2. The SMILES string of the molecule is C#CCN(c1ccccc1)c1ncnc(-c2ccnc(C(=O)N(C)CC3CC3)c2)n1. The van der Waals surface area contributed by atoms with Gasteiger partial charge in [-0.05, 0) is 43.0 Å². The van der Waals surface area contributed by atoms with Crippen molar-refractivity contribution in [3.63, 3.8) is 0 Å². The molecule has 2 aromatic heterocycles. The zero-order valence-corrected chi connectivity index (χ0v) is 16.8. The summed E-state index contributed by atoms with van der Waals surface area (Å²) < 4.78 is 0. The number of rotatable bonds is 7. The quantitative estimate of drug-likeness (QED) is 0.569. The van der Waals surface area contributed by atoms with E-state index in [-0.39, 0.29) is 5.91 Å². The van der Waals surface area contributed by atoms with Gasteiger partial charge in [-0.25, -0.2) is 9.97 Å². The Balaban J connectivity index is 1.62. The van der Waals surface area contributed by atoms with E-state index >= 15 is 0 Å². The first kappa shape index (κ1) is 19.5. The van der Waals surface area contributed by atoms with Crippen LogP contribution in [0, 0.1) is 18.3 Å². The van der Waals surface area contributed by atoms with Crippen molar-refractivity contribution >= 4 is 17.5 Å². The number of anilines is 2. The average molecular weight is 398 g/mol. The number of hydrogen-bond donors (Lipinski definition) is 0. The highest BCUT2D eigenvalue weighted by molar-refractivity contribution is 5.93. The number of carbonyl (C=O) groups excluding carboxylic acids is 1. The molecular formula is C23H22N6O. The van der Waals surface area contributed by atoms with Gasteiger partial charge >= 0.3 is 0 Å². The Morgan fingerprint density at radius 2 is 1.97 bits per heavy atom. The first-order valence-corrected chi connectivity index (χ1v) is 9.82. The van der Waals surface area contributed by atoms with Crippen LogP contribution in [0.4, 0.5) is 11.6 Å². The molecule has 0 N–H and O–H groups in total. The third-order valence-electron chi connectivity index (χ3n) is 4.93. The van der Waals surface area contributed by atoms with E-state index in [1.165, 1.54) is 19.2 Å². The molecule has 0 bridgehead atoms. The fourth-order valence-electron chi connectivity index (χ4n) is 3.19. The second kappa shape index (κ2) is 8.70. The fraction of sp³-hybridized carbons (Fsp3) is 0.261. The molecule has 0 atom stereocenters. The standard InChI is InChI=1S/C23H22N6O/c1-3-13-29(19-7-5-4-6-8-19)23-26-16-25-21(27-23)18-11-12-24-20(14-18)22(30)28(2)15-17-9-10-17/h1,4-8,11-12,14,16-17H,9-10,13,15H2,2H3. The maximum atomic E-state index is 12.7. The van der Waals surface area contributed by atoms with Gasteiger partial charge in [-0.15, -0.1) is 6.42 Å². The summed E-state index contributed by atoms with van der Waals surface area (Å²) in [7, 11) is 1.81. The molecule has 1 aliphatic carbocycles. The third-order valence-corrected chi connectivity index (χ3v) is 4.93. The van der Waals surface area contributed by atoms with Crippen LogP contribution in [0.3, 0.4) is 0 Å². The van der Waals surface area contributed by atoms with Gasteiger partial charge in [0, 0.05) is 31.0 Å². The summed E-state index contributed by atoms with van der Waals surface area (Å²) in [5, 5.41) is 0. The zero-order valence-electron chi connectivity index (χ0n) is 16.8. The van der Waals surface area contributed by atoms with Gasteiger partial charge in [0.2, 0.25) is 5.95 Å². The predicted octanol–water partition coefficient (Wildman–Crippen LogP) is 3.19. The topological polar surface area (TPSA) is 75.1 Å². The fourth-order valence-corrected chi connectivity index (χ4v) is 3.19. The third kappa shape index (κ3) is 4.44. The first-order valence-electron chi connectivity index (χ1n) is 9.82. The van der Waals surface area contributed by atoms with Crippen LogP contribution in [0.2, 0.25) is 0 Å². The molecule has 0 unspecified atom stereocenters. The maximum absolute atomic E-state index is 12.7. The van der Waals surface area contributed by atoms with Crippen LogP contribution in [-0.4, -0.2) is 50.9 Å². The van der Waals surface area contributed by atoms with E-state index in [2.05, 4.69) is 25.9 Å². The lowest BCUT2D eigenvalue weighted by Gasteiger charge is -2.20. The second-order valence-electron chi connectivity index (χ2n) is 7.29. The number of terminal acetylenes is 1. The molecular weight excluding hydrogens is 376 g/mol. The van der Waals surface area contributed by atoms with Crippen molar-refractivity contribution < 1.29 is 4.79 Å². The molecule has 1 aromatic carbocycles. The van der Waals surface area contributed by atoms with Crippen LogP contribution < -0.4 is 4.90 Å². The monoisotopic (exact) mass is 398 g/mol. The van der Waals surface area contributed by atoms with Gasteiger partial charge in [0.25, 0.3) is 5.91 Å². The van der Waals surface area contributed by atoms with Crippen molar-refractivity contribution in [3.05, 3.63) is 60.7 Å². The lowest BCUT2D eigenvalue weighted by atomic mass is 10.2. The van der Waals surface area contributed by atoms with Crippen molar-refractivity contribution in [3.8, 4) is 23.7 Å². The van der Waals surface area contributed by atoms with Crippen molar-refractivity contribution in [2.45, 2.75) is 12.8 Å². The Morgan fingerprint density at radius 1 is 1.17 bits per heavy atom. The molecule has 0 spiro atoms. The Hall–Kier alpha value is -3.79. The summed E-state index contributed by atoms with van der Waals surface area (Å²) in [4.78, 5) is 33.7. The van der Waals surface area contributed by atoms with Crippen LogP contribution in [-0.2, 0) is 0 Å². The van der Waals surface area contributed by atoms with Crippen molar-refractivity contribution in [1.29, 1.82) is 0 Å². The average Bonchev–Trinajstić information content (AvgIpc) is 3.61. The van der Waals surface area contributed by atoms with Gasteiger partial charge in [-0.3, -0.25) is 14.7 Å². The predicted molar refractivity (Wildman–Crippen MR) is 115 cm³/mol. The first-order chi connectivity index (χ1) is 14.7. The van der Waals surface area contributed by atoms with E-state index in [1.54, 1.807) is 23.2 Å². The van der Waals surface area contributed by atoms with Crippen LogP contribution in [0.15, 0.2) is 55.0 Å². The van der Waals surface area contributed by atoms with Crippen molar-refractivity contribution in [2.24, 2.45) is 5.92 Å². The molecule has 150 valence electrons. The Bertz CT molecular complexity index is 1070. The molecule has 4 rings (SSSR count). The van der Waals surface area contributed by atoms with Gasteiger partial charge < -0.3 is 4.90 Å². The van der Waals surface area contributed by atoms with E-state index in [9.17, 15) is 4.79 Å². The number of benzene rings is 1. The lowest BCUT2D eigenvalue weighted by Crippen LogP contribution is -2.29. The number of aromatic nitrogens is 4. The number of nitrogens with zero attached hydrogens (tertiary/aromatic N) is 6. The van der Waals surface area contributed by atoms with Crippen LogP contribution in [0.25, 0.3) is 11.4 Å². The minimum absolute atomic E-state index is 0.101. The smallest absolute Gasteiger partial charge is 0.272 e. The van der Waals surface area contributed by atoms with Gasteiger partial charge in [0.1, 0.15) is 12.0 Å². The highest BCUT2D eigenvalue weighted by Gasteiger charge is 2.26. The molecule has 7 heteroatoms. The summed E-state index contributed by atoms with van der Waals surface area (Å²) in [5.41, 5.74) is 1.96. The van der Waals surface area contributed by atoms with Gasteiger partial charge in [-0.2, -0.15) is 4.98 Å². The van der Waals surface area contributed by atoms with E-state index in [4.69, 9.17) is 6.42 Å². The number of amides is 1. The molecule has 7 nitrogen and oxygen atoms in total. The molecule has 0 saturated heterocycles. The number of carbonyl (C=O) groups is 1. The highest BCUT2D eigenvalue weighted by Crippen LogP contribution is 2.29. The molecule has 30 heavy (non-hydrogen) atoms. The van der Waals surface area contributed by atoms with Crippen LogP contribution >= 0.6 is 0 Å². The molecule has 1 aliphatic rings. The van der Waals surface area contributed by atoms with Crippen molar-refractivity contribution in [2.75, 3.05) is 25.0 Å². The lowest BCUT2D eigenvalue weighted by molar-refractivity contribution is 0.0783. The van der Waals surface area contributed by atoms with E-state index in [1.807, 2.05) is 42.3 Å². The van der Waals surface area contributed by atoms with Gasteiger partial charge in [0.05, 0.1) is 6.54 Å². The van der Waals surface area contributed by atoms with E-state index in [0.29, 0.717) is 35.5 Å². The minimum atomic E-state index is -0.101. The summed E-state index contributed by atoms with van der Waals surface area (Å²) >= 11 is 0. The molecule has 0 radical (unpaired) electrons. The Morgan fingerprint density at radius 3 is 2.70 bits per heavy atom. The Labute approximate surface area is 175 Å². The molecule has 1 saturated carbocycles. The van der Waals surface area contributed by atoms with Crippen LogP contribution in [0.1, 0.15) is 23.3 Å². The zero-order chi connectivity index (χ0) is 20.9. The molecule has 0 aliphatic heterocycles. The van der Waals surface area contributed by atoms with Gasteiger partial charge in [0.15, 0.2) is 5.82 Å². The van der Waals surface area contributed by atoms with Crippen LogP contribution in [0.5, 0.6) is 0 Å². The minimum Gasteiger partial charge on any atom is -0.340 e. The summed E-state index contributed by atoms with van der Waals surface area (Å²) in [6.07, 6.45) is 11.0. The second-order valence-corrected chi connectivity index (χ2v) is 7.29. The number of pyridine rings is 1. The van der Waals surface area contributed by atoms with Gasteiger partial charge in [-0.1, -0.05) is 24.1 Å². The van der Waals surface area contributed by atoms with E-state index in [0.717, 1.165) is 12.2 Å². The molecule has 1 amide bonds. The highest BCUT2D eigenvalue weighted by atomic mass is 16.2. The molecule has 2 heterocycles. The molecule has 3 aromatic rings. The maximum Gasteiger partial charge on any atom is 0.272 e. The largest absolute Gasteiger partial charge is 0.340 e.